The van der Waals surface area contributed by atoms with Crippen molar-refractivity contribution < 1.29 is 47.9 Å². The lowest BCUT2D eigenvalue weighted by Crippen LogP contribution is -2.60. The molecule has 8 atom stereocenters. The van der Waals surface area contributed by atoms with Crippen LogP contribution in [0.1, 0.15) is 89.2 Å². The monoisotopic (exact) mass is 1020 g/mol. The summed E-state index contributed by atoms with van der Waals surface area (Å²) < 4.78 is 0. The molecule has 2 aromatic carbocycles. The topological polar surface area (TPSA) is 401 Å². The zero-order chi connectivity index (χ0) is 53.6. The molecule has 10 amide bonds. The molecule has 398 valence electrons. The fraction of sp³-hybridized carbons (Fsp3) is 0.531. The number of nitrogens with two attached hydrogens (primary N) is 5. The van der Waals surface area contributed by atoms with Crippen LogP contribution in [-0.4, -0.2) is 138 Å². The van der Waals surface area contributed by atoms with E-state index in [0.717, 1.165) is 5.56 Å². The zero-order valence-electron chi connectivity index (χ0n) is 41.4. The summed E-state index contributed by atoms with van der Waals surface area (Å²) in [5.74, 6) is -7.44. The fourth-order valence-corrected chi connectivity index (χ4v) is 8.54. The van der Waals surface area contributed by atoms with Crippen LogP contribution in [0.3, 0.4) is 0 Å². The van der Waals surface area contributed by atoms with Gasteiger partial charge in [0.15, 0.2) is 5.96 Å². The summed E-state index contributed by atoms with van der Waals surface area (Å²) in [5.41, 5.74) is 28.8. The van der Waals surface area contributed by atoms with E-state index in [2.05, 4.69) is 42.2 Å². The molecular formula is C49H72N14O10. The van der Waals surface area contributed by atoms with E-state index in [9.17, 15) is 47.9 Å². The third-order valence-corrected chi connectivity index (χ3v) is 12.3. The van der Waals surface area contributed by atoms with Gasteiger partial charge in [0.1, 0.15) is 48.3 Å². The maximum atomic E-state index is 14.6. The molecule has 0 saturated carbocycles. The average Bonchev–Trinajstić information content (AvgIpc) is 4.03. The van der Waals surface area contributed by atoms with Crippen LogP contribution in [-0.2, 0) is 60.8 Å². The molecule has 0 radical (unpaired) electrons. The minimum Gasteiger partial charge on any atom is -0.370 e. The van der Waals surface area contributed by atoms with E-state index in [4.69, 9.17) is 28.7 Å². The van der Waals surface area contributed by atoms with Crippen molar-refractivity contribution in [3.05, 3.63) is 71.8 Å². The lowest BCUT2D eigenvalue weighted by Gasteiger charge is -2.31. The summed E-state index contributed by atoms with van der Waals surface area (Å²) in [5, 5.41) is 18.8. The number of aliphatic imine (C=N–C) groups is 1. The van der Waals surface area contributed by atoms with Crippen LogP contribution in [0.5, 0.6) is 0 Å². The molecule has 4 rings (SSSR count). The Balaban J connectivity index is 1.60. The van der Waals surface area contributed by atoms with Crippen molar-refractivity contribution in [1.29, 1.82) is 0 Å². The number of amides is 10. The number of hydrogen-bond donors (Lipinski definition) is 12. The predicted octanol–water partition coefficient (Wildman–Crippen LogP) is -3.15. The number of likely N-dealkylation sites (tertiary alicyclic amines) is 1. The Hall–Kier alpha value is -7.63. The standard InChI is InChI=1S/C49H72N14O10/c1-28(2)24-35(60-46(71)37(26-30-14-7-4-8-15-30)61-43(68)32-19-20-40(65)56-32)44(69)62-36(25-29-12-5-3-6-13-29)45(70)58-33(17-10-22-55-49(53)54)48(73)63-23-11-18-38(63)47(72)57-31(16-9-21-50)42(67)59-34(41(52)66)27-39(51)64/h3-8,12-15,28,31-38H,9-11,16-27,50H2,1-2H3,(H2,51,64)(H2,52,66)(H,56,65)(H,57,72)(H,58,70)(H,59,67)(H,60,71)(H,61,68)(H,62,69)(H4,53,54,55)/t31-,32-,33-,34-,35-,36-,37-,38-/m0/s1. The van der Waals surface area contributed by atoms with Crippen molar-refractivity contribution in [2.24, 2.45) is 39.6 Å². The van der Waals surface area contributed by atoms with E-state index in [0.29, 0.717) is 12.0 Å². The van der Waals surface area contributed by atoms with Crippen LogP contribution in [0.2, 0.25) is 0 Å². The van der Waals surface area contributed by atoms with E-state index < -0.39 is 108 Å². The first kappa shape index (κ1) is 57.9. The molecule has 0 aromatic heterocycles. The number of nitrogens with one attached hydrogen (secondary N) is 7. The molecule has 73 heavy (non-hydrogen) atoms. The predicted molar refractivity (Wildman–Crippen MR) is 268 cm³/mol. The highest BCUT2D eigenvalue weighted by atomic mass is 16.2. The van der Waals surface area contributed by atoms with Gasteiger partial charge in [-0.1, -0.05) is 74.5 Å². The van der Waals surface area contributed by atoms with E-state index in [-0.39, 0.29) is 102 Å². The quantitative estimate of drug-likeness (QED) is 0.0218. The summed E-state index contributed by atoms with van der Waals surface area (Å²) >= 11 is 0. The van der Waals surface area contributed by atoms with Gasteiger partial charge < -0.3 is 70.8 Å². The van der Waals surface area contributed by atoms with Gasteiger partial charge in [-0.05, 0) is 75.0 Å². The van der Waals surface area contributed by atoms with Crippen LogP contribution in [0, 0.1) is 5.92 Å². The van der Waals surface area contributed by atoms with E-state index in [1.807, 2.05) is 13.8 Å². The number of nitrogens with zero attached hydrogens (tertiary/aromatic N) is 2. The third kappa shape index (κ3) is 19.1. The second-order valence-corrected chi connectivity index (χ2v) is 18.7. The second-order valence-electron chi connectivity index (χ2n) is 18.7. The van der Waals surface area contributed by atoms with Crippen molar-refractivity contribution in [2.75, 3.05) is 19.6 Å². The summed E-state index contributed by atoms with van der Waals surface area (Å²) in [6, 6.07) is 8.11. The lowest BCUT2D eigenvalue weighted by atomic mass is 9.99. The Labute approximate surface area is 424 Å². The minimum absolute atomic E-state index is 0.0147. The summed E-state index contributed by atoms with van der Waals surface area (Å²) in [7, 11) is 0. The number of hydrogen-bond acceptors (Lipinski definition) is 12. The highest BCUT2D eigenvalue weighted by molar-refractivity contribution is 5.99. The van der Waals surface area contributed by atoms with Crippen LogP contribution >= 0.6 is 0 Å². The van der Waals surface area contributed by atoms with E-state index in [1.54, 1.807) is 60.7 Å². The first-order valence-electron chi connectivity index (χ1n) is 24.6. The zero-order valence-corrected chi connectivity index (χ0v) is 41.4. The normalized spacial score (nSPS) is 17.6. The summed E-state index contributed by atoms with van der Waals surface area (Å²) in [6.45, 7) is 4.01. The molecule has 2 heterocycles. The highest BCUT2D eigenvalue weighted by Crippen LogP contribution is 2.21. The largest absolute Gasteiger partial charge is 0.370 e. The molecule has 2 aromatic rings. The van der Waals surface area contributed by atoms with Crippen molar-refractivity contribution in [3.8, 4) is 0 Å². The first-order valence-corrected chi connectivity index (χ1v) is 24.6. The van der Waals surface area contributed by atoms with Gasteiger partial charge in [0.05, 0.1) is 6.42 Å². The number of carbonyl (C=O) groups is 10. The summed E-state index contributed by atoms with van der Waals surface area (Å²) in [4.78, 5) is 139. The van der Waals surface area contributed by atoms with Crippen molar-refractivity contribution >= 4 is 65.0 Å². The average molecular weight is 1020 g/mol. The van der Waals surface area contributed by atoms with E-state index in [1.165, 1.54) is 4.90 Å². The van der Waals surface area contributed by atoms with Crippen molar-refractivity contribution in [3.63, 3.8) is 0 Å². The molecule has 2 fully saturated rings. The number of carbonyl (C=O) groups excluding carboxylic acids is 10. The van der Waals surface area contributed by atoms with Gasteiger partial charge in [-0.25, -0.2) is 0 Å². The Morgan fingerprint density at radius 3 is 1.71 bits per heavy atom. The van der Waals surface area contributed by atoms with Gasteiger partial charge in [-0.3, -0.25) is 52.9 Å². The Bertz CT molecular complexity index is 2280. The number of rotatable bonds is 29. The van der Waals surface area contributed by atoms with Gasteiger partial charge in [0.2, 0.25) is 59.1 Å². The van der Waals surface area contributed by atoms with Gasteiger partial charge in [-0.2, -0.15) is 0 Å². The second kappa shape index (κ2) is 29.0. The van der Waals surface area contributed by atoms with Gasteiger partial charge in [0.25, 0.3) is 0 Å². The first-order chi connectivity index (χ1) is 34.8. The molecule has 2 saturated heterocycles. The van der Waals surface area contributed by atoms with Crippen LogP contribution in [0.15, 0.2) is 65.7 Å². The maximum absolute atomic E-state index is 14.6. The SMILES string of the molecule is CC(C)C[C@H](NC(=O)[C@H](Cc1ccccc1)NC(=O)[C@@H]1CCC(=O)N1)C(=O)N[C@@H](Cc1ccccc1)C(=O)N[C@@H](CCCN=C(N)N)C(=O)N1CCC[C@H]1C(=O)N[C@@H](CCCN)C(=O)N[C@@H](CC(N)=O)C(N)=O. The Morgan fingerprint density at radius 1 is 0.658 bits per heavy atom. The number of guanidine groups is 1. The Kier molecular flexibility index (Phi) is 23.0. The lowest BCUT2D eigenvalue weighted by molar-refractivity contribution is -0.142. The molecule has 2 aliphatic rings. The molecule has 24 heteroatoms. The minimum atomic E-state index is -1.45. The summed E-state index contributed by atoms with van der Waals surface area (Å²) in [6.07, 6.45) is 1.02. The smallest absolute Gasteiger partial charge is 0.245 e. The molecule has 2 aliphatic heterocycles. The van der Waals surface area contributed by atoms with Crippen molar-refractivity contribution in [1.82, 2.24) is 42.1 Å². The molecule has 0 bridgehead atoms. The fourth-order valence-electron chi connectivity index (χ4n) is 8.54. The third-order valence-electron chi connectivity index (χ3n) is 12.3. The number of primary amides is 2. The molecule has 0 unspecified atom stereocenters. The van der Waals surface area contributed by atoms with Gasteiger partial charge >= 0.3 is 0 Å². The molecule has 0 spiro atoms. The van der Waals surface area contributed by atoms with E-state index >= 15 is 0 Å². The van der Waals surface area contributed by atoms with Crippen LogP contribution < -0.4 is 65.9 Å². The Morgan fingerprint density at radius 2 is 1.18 bits per heavy atom. The molecular weight excluding hydrogens is 945 g/mol. The molecule has 24 nitrogen and oxygen atoms in total. The maximum Gasteiger partial charge on any atom is 0.245 e. The molecule has 0 aliphatic carbocycles. The van der Waals surface area contributed by atoms with Crippen LogP contribution in [0.4, 0.5) is 0 Å². The molecule has 17 N–H and O–H groups in total. The van der Waals surface area contributed by atoms with Gasteiger partial charge in [-0.15, -0.1) is 0 Å². The number of benzene rings is 2. The van der Waals surface area contributed by atoms with Gasteiger partial charge in [0, 0.05) is 32.4 Å². The van der Waals surface area contributed by atoms with Crippen molar-refractivity contribution in [2.45, 2.75) is 139 Å². The van der Waals surface area contributed by atoms with Crippen LogP contribution in [0.25, 0.3) is 0 Å². The highest BCUT2D eigenvalue weighted by Gasteiger charge is 2.40.